The van der Waals surface area contributed by atoms with Crippen LogP contribution in [0.4, 0.5) is 5.69 Å². The Morgan fingerprint density at radius 2 is 1.73 bits per heavy atom. The summed E-state index contributed by atoms with van der Waals surface area (Å²) in [6.07, 6.45) is 0. The first-order valence-electron chi connectivity index (χ1n) is 7.59. The molecule has 1 saturated heterocycles. The van der Waals surface area contributed by atoms with Gasteiger partial charge in [0.25, 0.3) is 5.91 Å². The van der Waals surface area contributed by atoms with Crippen molar-refractivity contribution in [3.8, 4) is 0 Å². The molecule has 2 amide bonds. The quantitative estimate of drug-likeness (QED) is 0.839. The van der Waals surface area contributed by atoms with Gasteiger partial charge in [-0.2, -0.15) is 0 Å². The molecule has 26 heavy (non-hydrogen) atoms. The van der Waals surface area contributed by atoms with E-state index in [0.717, 1.165) is 4.90 Å². The van der Waals surface area contributed by atoms with Crippen LogP contribution in [0.1, 0.15) is 10.4 Å². The number of benzene rings is 2. The molecule has 1 heterocycles. The van der Waals surface area contributed by atoms with Crippen LogP contribution in [0, 0.1) is 0 Å². The Hall–Kier alpha value is -2.09. The minimum absolute atomic E-state index is 0.251. The predicted molar refractivity (Wildman–Crippen MR) is 100 cm³/mol. The number of nitrogens with zero attached hydrogens (tertiary/aromatic N) is 1. The zero-order valence-corrected chi connectivity index (χ0v) is 15.7. The highest BCUT2D eigenvalue weighted by Crippen LogP contribution is 2.26. The number of halogens is 2. The summed E-state index contributed by atoms with van der Waals surface area (Å²) in [6, 6.07) is 11.6. The monoisotopic (exact) mass is 412 g/mol. The number of nitrogens with one attached hydrogen (secondary N) is 1. The van der Waals surface area contributed by atoms with Gasteiger partial charge in [-0.3, -0.25) is 9.59 Å². The van der Waals surface area contributed by atoms with Crippen molar-refractivity contribution in [3.05, 3.63) is 64.1 Å². The molecule has 0 unspecified atom stereocenters. The highest BCUT2D eigenvalue weighted by molar-refractivity contribution is 7.91. The van der Waals surface area contributed by atoms with Crippen molar-refractivity contribution in [3.63, 3.8) is 0 Å². The van der Waals surface area contributed by atoms with E-state index in [9.17, 15) is 18.0 Å². The van der Waals surface area contributed by atoms with E-state index in [4.69, 9.17) is 23.2 Å². The van der Waals surface area contributed by atoms with Crippen molar-refractivity contribution in [2.24, 2.45) is 0 Å². The van der Waals surface area contributed by atoms with Gasteiger partial charge in [0.2, 0.25) is 5.91 Å². The van der Waals surface area contributed by atoms with Gasteiger partial charge in [-0.1, -0.05) is 41.4 Å². The molecule has 1 aliphatic rings. The van der Waals surface area contributed by atoms with Gasteiger partial charge in [0.15, 0.2) is 9.84 Å². The van der Waals surface area contributed by atoms with Crippen LogP contribution in [-0.2, 0) is 14.6 Å². The fourth-order valence-corrected chi connectivity index (χ4v) is 4.59. The van der Waals surface area contributed by atoms with Gasteiger partial charge in [0.1, 0.15) is 11.9 Å². The average Bonchev–Trinajstić information content (AvgIpc) is 2.94. The van der Waals surface area contributed by atoms with Crippen LogP contribution in [0.2, 0.25) is 10.0 Å². The normalized spacial score (nSPS) is 18.5. The maximum atomic E-state index is 12.6. The summed E-state index contributed by atoms with van der Waals surface area (Å²) in [5.41, 5.74) is 0.678. The zero-order valence-electron chi connectivity index (χ0n) is 13.4. The molecule has 2 aromatic carbocycles. The second-order valence-electron chi connectivity index (χ2n) is 5.81. The van der Waals surface area contributed by atoms with Crippen LogP contribution in [-0.4, -0.2) is 42.8 Å². The fourth-order valence-electron chi connectivity index (χ4n) is 2.65. The lowest BCUT2D eigenvalue weighted by molar-refractivity contribution is -0.119. The summed E-state index contributed by atoms with van der Waals surface area (Å²) in [6.45, 7) is 0. The van der Waals surface area contributed by atoms with Gasteiger partial charge in [0, 0.05) is 11.3 Å². The predicted octanol–water partition coefficient (Wildman–Crippen LogP) is 2.83. The summed E-state index contributed by atoms with van der Waals surface area (Å²) in [5, 5.41) is 3.16. The second-order valence-corrected chi connectivity index (χ2v) is 8.71. The van der Waals surface area contributed by atoms with E-state index < -0.39 is 39.3 Å². The molecule has 0 aromatic heterocycles. The first-order valence-corrected chi connectivity index (χ1v) is 10.2. The van der Waals surface area contributed by atoms with Crippen LogP contribution >= 0.6 is 23.2 Å². The molecule has 3 rings (SSSR count). The number of rotatable bonds is 3. The van der Waals surface area contributed by atoms with E-state index in [1.54, 1.807) is 36.4 Å². The van der Waals surface area contributed by atoms with E-state index in [0.29, 0.717) is 16.3 Å². The highest BCUT2D eigenvalue weighted by Gasteiger charge is 2.42. The summed E-state index contributed by atoms with van der Waals surface area (Å²) in [7, 11) is -3.55. The molecule has 0 radical (unpaired) electrons. The molecule has 0 bridgehead atoms. The molecule has 2 aromatic rings. The van der Waals surface area contributed by atoms with Crippen LogP contribution in [0.25, 0.3) is 0 Å². The Balaban J connectivity index is 1.84. The lowest BCUT2D eigenvalue weighted by Crippen LogP contribution is -2.44. The number of hydrogen-bond acceptors (Lipinski definition) is 4. The van der Waals surface area contributed by atoms with Crippen LogP contribution in [0.3, 0.4) is 0 Å². The Bertz CT molecular complexity index is 964. The molecule has 136 valence electrons. The number of anilines is 1. The van der Waals surface area contributed by atoms with E-state index in [2.05, 4.69) is 5.32 Å². The van der Waals surface area contributed by atoms with E-state index in [1.165, 1.54) is 12.1 Å². The number of amides is 2. The molecule has 9 heteroatoms. The van der Waals surface area contributed by atoms with Crippen LogP contribution < -0.4 is 5.32 Å². The van der Waals surface area contributed by atoms with Gasteiger partial charge in [0.05, 0.1) is 15.8 Å². The molecular weight excluding hydrogens is 399 g/mol. The topological polar surface area (TPSA) is 83.6 Å². The van der Waals surface area contributed by atoms with Crippen LogP contribution in [0.15, 0.2) is 48.5 Å². The lowest BCUT2D eigenvalue weighted by atomic mass is 10.1. The molecule has 0 spiro atoms. The first-order chi connectivity index (χ1) is 12.3. The minimum atomic E-state index is -3.55. The second kappa shape index (κ2) is 7.26. The van der Waals surface area contributed by atoms with E-state index >= 15 is 0 Å². The highest BCUT2D eigenvalue weighted by atomic mass is 35.5. The first kappa shape index (κ1) is 18.7. The molecule has 6 nitrogen and oxygen atoms in total. The summed E-state index contributed by atoms with van der Waals surface area (Å²) < 4.78 is 24.1. The van der Waals surface area contributed by atoms with E-state index in [-0.39, 0.29) is 5.02 Å². The van der Waals surface area contributed by atoms with Gasteiger partial charge in [-0.15, -0.1) is 0 Å². The molecule has 1 atom stereocenters. The Labute approximate surface area is 160 Å². The summed E-state index contributed by atoms with van der Waals surface area (Å²) in [5.74, 6) is -2.05. The molecule has 1 N–H and O–H groups in total. The van der Waals surface area contributed by atoms with Crippen LogP contribution in [0.5, 0.6) is 0 Å². The van der Waals surface area contributed by atoms with Crippen molar-refractivity contribution in [2.45, 2.75) is 6.04 Å². The van der Waals surface area contributed by atoms with Gasteiger partial charge in [-0.05, 0) is 30.3 Å². The lowest BCUT2D eigenvalue weighted by Gasteiger charge is -2.22. The number of carbonyl (C=O) groups excluding carboxylic acids is 2. The standard InChI is InChI=1S/C17H14Cl2N2O4S/c18-13-7-6-12(8-14(13)19)20-16(22)15-9-26(24,25)10-21(15)17(23)11-4-2-1-3-5-11/h1-8,15H,9-10H2,(H,20,22)/t15-/m1/s1. The van der Waals surface area contributed by atoms with Crippen molar-refractivity contribution >= 4 is 50.5 Å². The number of hydrogen-bond donors (Lipinski definition) is 1. The molecule has 1 aliphatic heterocycles. The Morgan fingerprint density at radius 1 is 1.04 bits per heavy atom. The van der Waals surface area contributed by atoms with Crippen molar-refractivity contribution in [1.29, 1.82) is 0 Å². The number of sulfone groups is 1. The fraction of sp³-hybridized carbons (Fsp3) is 0.176. The summed E-state index contributed by atoms with van der Waals surface area (Å²) >= 11 is 11.8. The zero-order chi connectivity index (χ0) is 18.9. The maximum absolute atomic E-state index is 12.6. The van der Waals surface area contributed by atoms with Gasteiger partial charge in [-0.25, -0.2) is 8.42 Å². The van der Waals surface area contributed by atoms with Gasteiger partial charge < -0.3 is 10.2 Å². The Kier molecular flexibility index (Phi) is 5.22. The molecule has 1 fully saturated rings. The molecule has 0 aliphatic carbocycles. The average molecular weight is 413 g/mol. The Morgan fingerprint density at radius 3 is 2.38 bits per heavy atom. The summed E-state index contributed by atoms with van der Waals surface area (Å²) in [4.78, 5) is 26.3. The number of carbonyl (C=O) groups is 2. The smallest absolute Gasteiger partial charge is 0.255 e. The third-order valence-corrected chi connectivity index (χ3v) is 6.13. The van der Waals surface area contributed by atoms with Crippen molar-refractivity contribution in [2.75, 3.05) is 16.9 Å². The maximum Gasteiger partial charge on any atom is 0.255 e. The molecular formula is C17H14Cl2N2O4S. The van der Waals surface area contributed by atoms with Gasteiger partial charge >= 0.3 is 0 Å². The largest absolute Gasteiger partial charge is 0.324 e. The van der Waals surface area contributed by atoms with E-state index in [1.807, 2.05) is 0 Å². The van der Waals surface area contributed by atoms with Crippen molar-refractivity contribution < 1.29 is 18.0 Å². The third-order valence-electron chi connectivity index (χ3n) is 3.90. The van der Waals surface area contributed by atoms with Crippen molar-refractivity contribution in [1.82, 2.24) is 4.90 Å². The molecule has 0 saturated carbocycles. The SMILES string of the molecule is O=C(Nc1ccc(Cl)c(Cl)c1)[C@H]1CS(=O)(=O)CN1C(=O)c1ccccc1. The third kappa shape index (κ3) is 4.00. The minimum Gasteiger partial charge on any atom is -0.324 e.